The first kappa shape index (κ1) is 32.1. The van der Waals surface area contributed by atoms with Crippen LogP contribution in [0.3, 0.4) is 0 Å². The van der Waals surface area contributed by atoms with Crippen molar-refractivity contribution in [3.05, 3.63) is 71.8 Å². The molecule has 2 aromatic carbocycles. The lowest BCUT2D eigenvalue weighted by Crippen LogP contribution is -2.44. The van der Waals surface area contributed by atoms with E-state index < -0.39 is 44.9 Å². The number of nitrogens with one attached hydrogen (secondary N) is 1. The zero-order valence-corrected chi connectivity index (χ0v) is 24.7. The van der Waals surface area contributed by atoms with Crippen LogP contribution in [-0.2, 0) is 41.7 Å². The maximum Gasteiger partial charge on any atom is 0.417 e. The van der Waals surface area contributed by atoms with Gasteiger partial charge in [0.1, 0.15) is 5.44 Å². The average Bonchev–Trinajstić information content (AvgIpc) is 2.96. The molecule has 2 aliphatic heterocycles. The summed E-state index contributed by atoms with van der Waals surface area (Å²) in [6, 6.07) is 13.3. The summed E-state index contributed by atoms with van der Waals surface area (Å²) in [6.45, 7) is 5.95. The highest BCUT2D eigenvalue weighted by atomic mass is 32.2. The van der Waals surface area contributed by atoms with E-state index in [-0.39, 0.29) is 60.4 Å². The van der Waals surface area contributed by atoms with Crippen LogP contribution in [0.25, 0.3) is 5.57 Å². The van der Waals surface area contributed by atoms with E-state index in [2.05, 4.69) is 6.58 Å². The molecule has 0 aliphatic carbocycles. The molecule has 228 valence electrons. The van der Waals surface area contributed by atoms with Crippen LogP contribution in [0.2, 0.25) is 0 Å². The fourth-order valence-electron chi connectivity index (χ4n) is 4.79. The lowest BCUT2D eigenvalue weighted by Gasteiger charge is -2.32. The van der Waals surface area contributed by atoms with Gasteiger partial charge in [-0.25, -0.2) is 8.42 Å². The number of ether oxygens (including phenoxy) is 2. The second-order valence-electron chi connectivity index (χ2n) is 10.2. The van der Waals surface area contributed by atoms with Crippen LogP contribution >= 0.6 is 11.8 Å². The van der Waals surface area contributed by atoms with Crippen molar-refractivity contribution in [1.29, 1.82) is 0 Å². The summed E-state index contributed by atoms with van der Waals surface area (Å²) >= 11 is 0.925. The number of halogens is 3. The Morgan fingerprint density at radius 3 is 2.43 bits per heavy atom. The van der Waals surface area contributed by atoms with Gasteiger partial charge in [-0.05, 0) is 43.0 Å². The lowest BCUT2D eigenvalue weighted by molar-refractivity contribution is -0.140. The van der Waals surface area contributed by atoms with Crippen LogP contribution in [0, 0.1) is 5.92 Å². The van der Waals surface area contributed by atoms with Gasteiger partial charge in [0, 0.05) is 35.9 Å². The molecule has 2 heterocycles. The fourth-order valence-corrected chi connectivity index (χ4v) is 6.51. The van der Waals surface area contributed by atoms with Gasteiger partial charge in [-0.15, -0.1) is 0 Å². The molecular weight excluding hydrogens is 593 g/mol. The van der Waals surface area contributed by atoms with Crippen LogP contribution in [0.15, 0.2) is 60.0 Å². The third kappa shape index (κ3) is 8.36. The van der Waals surface area contributed by atoms with Gasteiger partial charge in [-0.3, -0.25) is 14.3 Å². The molecule has 0 aromatic heterocycles. The van der Waals surface area contributed by atoms with Crippen LogP contribution in [0.4, 0.5) is 13.2 Å². The Morgan fingerprint density at radius 2 is 1.79 bits per heavy atom. The second-order valence-corrected chi connectivity index (χ2v) is 13.4. The Balaban J connectivity index is 1.40. The number of amides is 2. The summed E-state index contributed by atoms with van der Waals surface area (Å²) in [5.74, 6) is -1.99. The number of hydrogen-bond acceptors (Lipinski definition) is 7. The SMILES string of the molecule is C=C(C(=O)N1CCC(C(=O)NS(=O)(=O)CC)CC1)c1ccc(SC2COCC(Cc3ccccc3)O2)c(C(F)(F)F)c1. The molecule has 8 nitrogen and oxygen atoms in total. The molecule has 0 bridgehead atoms. The summed E-state index contributed by atoms with van der Waals surface area (Å²) in [4.78, 5) is 26.7. The molecule has 2 saturated heterocycles. The predicted molar refractivity (Wildman–Crippen MR) is 153 cm³/mol. The predicted octanol–water partition coefficient (Wildman–Crippen LogP) is 4.50. The highest BCUT2D eigenvalue weighted by Gasteiger charge is 2.36. The van der Waals surface area contributed by atoms with Crippen molar-refractivity contribution in [2.45, 2.75) is 48.8 Å². The van der Waals surface area contributed by atoms with Crippen molar-refractivity contribution in [3.8, 4) is 0 Å². The highest BCUT2D eigenvalue weighted by Crippen LogP contribution is 2.41. The number of hydrogen-bond donors (Lipinski definition) is 1. The largest absolute Gasteiger partial charge is 0.417 e. The second kappa shape index (κ2) is 13.6. The maximum atomic E-state index is 14.1. The van der Waals surface area contributed by atoms with E-state index in [9.17, 15) is 31.2 Å². The monoisotopic (exact) mass is 626 g/mol. The molecule has 2 atom stereocenters. The Hall–Kier alpha value is -2.87. The van der Waals surface area contributed by atoms with E-state index >= 15 is 0 Å². The van der Waals surface area contributed by atoms with Gasteiger partial charge in [0.15, 0.2) is 0 Å². The minimum atomic E-state index is -4.69. The van der Waals surface area contributed by atoms with Crippen molar-refractivity contribution in [3.63, 3.8) is 0 Å². The van der Waals surface area contributed by atoms with Crippen molar-refractivity contribution >= 4 is 39.2 Å². The standard InChI is InChI=1S/C29H33F3N2O6S2/c1-3-42(37,38)33-27(35)21-11-13-34(14-12-21)28(36)19(2)22-9-10-25(24(16-22)29(30,31)32)41-26-18-39-17-23(40-26)15-20-7-5-4-6-8-20/h4-10,16,21,23,26H,2-3,11-15,17-18H2,1H3,(H,33,35). The van der Waals surface area contributed by atoms with E-state index in [4.69, 9.17) is 9.47 Å². The minimum Gasteiger partial charge on any atom is -0.375 e. The Kier molecular flexibility index (Phi) is 10.4. The van der Waals surface area contributed by atoms with Gasteiger partial charge in [0.25, 0.3) is 5.91 Å². The number of likely N-dealkylation sites (tertiary alicyclic amines) is 1. The summed E-state index contributed by atoms with van der Waals surface area (Å²) in [5, 5.41) is 0. The maximum absolute atomic E-state index is 14.1. The summed E-state index contributed by atoms with van der Waals surface area (Å²) < 4.78 is 79.5. The average molecular weight is 627 g/mol. The lowest BCUT2D eigenvalue weighted by atomic mass is 9.95. The third-order valence-electron chi connectivity index (χ3n) is 7.15. The molecule has 2 fully saturated rings. The molecule has 13 heteroatoms. The molecule has 2 aliphatic rings. The van der Waals surface area contributed by atoms with Gasteiger partial charge in [-0.1, -0.05) is 54.7 Å². The molecule has 2 unspecified atom stereocenters. The number of carbonyl (C=O) groups is 2. The number of piperidine rings is 1. The van der Waals surface area contributed by atoms with Crippen molar-refractivity contribution in [2.75, 3.05) is 32.1 Å². The summed E-state index contributed by atoms with van der Waals surface area (Å²) in [7, 11) is -3.70. The minimum absolute atomic E-state index is 0.0355. The van der Waals surface area contributed by atoms with E-state index in [1.165, 1.54) is 24.0 Å². The van der Waals surface area contributed by atoms with Crippen molar-refractivity contribution < 1.29 is 40.7 Å². The van der Waals surface area contributed by atoms with E-state index in [1.54, 1.807) is 0 Å². The van der Waals surface area contributed by atoms with Crippen molar-refractivity contribution in [1.82, 2.24) is 9.62 Å². The van der Waals surface area contributed by atoms with Crippen molar-refractivity contribution in [2.24, 2.45) is 5.92 Å². The number of benzene rings is 2. The van der Waals surface area contributed by atoms with Gasteiger partial charge in [-0.2, -0.15) is 13.2 Å². The third-order valence-corrected chi connectivity index (χ3v) is 9.54. The Labute approximate surface area is 247 Å². The highest BCUT2D eigenvalue weighted by molar-refractivity contribution is 7.99. The molecule has 42 heavy (non-hydrogen) atoms. The molecule has 0 spiro atoms. The van der Waals surface area contributed by atoms with Gasteiger partial charge in [0.2, 0.25) is 15.9 Å². The fraction of sp³-hybridized carbons (Fsp3) is 0.448. The van der Waals surface area contributed by atoms with Crippen LogP contribution < -0.4 is 4.72 Å². The van der Waals surface area contributed by atoms with Gasteiger partial charge < -0.3 is 14.4 Å². The summed E-state index contributed by atoms with van der Waals surface area (Å²) in [6.07, 6.45) is -3.96. The van der Waals surface area contributed by atoms with Gasteiger partial charge in [0.05, 0.1) is 30.6 Å². The Morgan fingerprint density at radius 1 is 1.10 bits per heavy atom. The quantitative estimate of drug-likeness (QED) is 0.409. The zero-order chi connectivity index (χ0) is 30.5. The molecular formula is C29H33F3N2O6S2. The smallest absolute Gasteiger partial charge is 0.375 e. The molecule has 2 amide bonds. The number of sulfonamides is 1. The summed E-state index contributed by atoms with van der Waals surface area (Å²) in [5.41, 5.74) is -0.575. The molecule has 0 radical (unpaired) electrons. The molecule has 0 saturated carbocycles. The molecule has 1 N–H and O–H groups in total. The topological polar surface area (TPSA) is 102 Å². The molecule has 4 rings (SSSR count). The number of rotatable bonds is 9. The first-order chi connectivity index (χ1) is 19.9. The number of nitrogens with zero attached hydrogens (tertiary/aromatic N) is 1. The van der Waals surface area contributed by atoms with Gasteiger partial charge >= 0.3 is 6.18 Å². The Bertz CT molecular complexity index is 1390. The number of carbonyl (C=O) groups excluding carboxylic acids is 2. The first-order valence-electron chi connectivity index (χ1n) is 13.5. The first-order valence-corrected chi connectivity index (χ1v) is 16.1. The number of thioether (sulfide) groups is 1. The molecule has 2 aromatic rings. The van der Waals surface area contributed by atoms with Crippen LogP contribution in [-0.4, -0.2) is 68.7 Å². The van der Waals surface area contributed by atoms with Crippen LogP contribution in [0.1, 0.15) is 36.5 Å². The normalized spacial score (nSPS) is 20.2. The van der Waals surface area contributed by atoms with E-state index in [0.29, 0.717) is 13.0 Å². The van der Waals surface area contributed by atoms with Crippen LogP contribution in [0.5, 0.6) is 0 Å². The van der Waals surface area contributed by atoms with E-state index in [0.717, 1.165) is 23.4 Å². The van der Waals surface area contributed by atoms with E-state index in [1.807, 2.05) is 35.1 Å². The number of alkyl halides is 3. The zero-order valence-electron chi connectivity index (χ0n) is 23.1.